The third-order valence-electron chi connectivity index (χ3n) is 5.30. The Morgan fingerprint density at radius 2 is 1.81 bits per heavy atom. The number of hydrogen-bond acceptors (Lipinski definition) is 6. The van der Waals surface area contributed by atoms with Crippen LogP contribution in [0.2, 0.25) is 0 Å². The van der Waals surface area contributed by atoms with Gasteiger partial charge in [-0.25, -0.2) is 14.8 Å². The molecule has 0 unspecified atom stereocenters. The summed E-state index contributed by atoms with van der Waals surface area (Å²) >= 11 is 0. The normalized spacial score (nSPS) is 17.9. The average molecular weight is 367 g/mol. The van der Waals surface area contributed by atoms with Gasteiger partial charge < -0.3 is 19.4 Å². The summed E-state index contributed by atoms with van der Waals surface area (Å²) in [4.78, 5) is 27.1. The van der Waals surface area contributed by atoms with E-state index in [2.05, 4.69) is 39.0 Å². The van der Waals surface area contributed by atoms with Crippen molar-refractivity contribution in [2.24, 2.45) is 0 Å². The summed E-state index contributed by atoms with van der Waals surface area (Å²) in [6, 6.07) is 10.6. The van der Waals surface area contributed by atoms with Gasteiger partial charge in [-0.2, -0.15) is 0 Å². The lowest BCUT2D eigenvalue weighted by Gasteiger charge is -2.35. The molecule has 2 aliphatic rings. The van der Waals surface area contributed by atoms with E-state index >= 15 is 0 Å². The number of ether oxygens (including phenoxy) is 1. The Kier molecular flexibility index (Phi) is 4.83. The summed E-state index contributed by atoms with van der Waals surface area (Å²) in [5, 5.41) is 0. The largest absolute Gasteiger partial charge is 0.448 e. The second-order valence-electron chi connectivity index (χ2n) is 7.21. The lowest BCUT2D eigenvalue weighted by atomic mass is 10.0. The highest BCUT2D eigenvalue weighted by atomic mass is 16.6. The molecule has 4 rings (SSSR count). The fraction of sp³-hybridized carbons (Fsp3) is 0.450. The molecule has 142 valence electrons. The Morgan fingerprint density at radius 3 is 2.44 bits per heavy atom. The molecule has 1 amide bonds. The molecule has 2 aromatic rings. The zero-order chi connectivity index (χ0) is 18.8. The molecule has 2 aliphatic heterocycles. The van der Waals surface area contributed by atoms with E-state index in [1.54, 1.807) is 0 Å². The second-order valence-corrected chi connectivity index (χ2v) is 7.21. The van der Waals surface area contributed by atoms with Crippen molar-refractivity contribution in [2.75, 3.05) is 50.1 Å². The molecule has 0 aliphatic carbocycles. The molecular weight excluding hydrogens is 342 g/mol. The van der Waals surface area contributed by atoms with Crippen molar-refractivity contribution in [3.8, 4) is 11.3 Å². The molecule has 0 N–H and O–H groups in total. The highest BCUT2D eigenvalue weighted by Gasteiger charge is 2.32. The fourth-order valence-corrected chi connectivity index (χ4v) is 3.71. The molecule has 0 bridgehead atoms. The predicted molar refractivity (Wildman–Crippen MR) is 105 cm³/mol. The summed E-state index contributed by atoms with van der Waals surface area (Å²) in [6.45, 7) is 2.91. The lowest BCUT2D eigenvalue weighted by molar-refractivity contribution is 0.142. The van der Waals surface area contributed by atoms with Crippen LogP contribution >= 0.6 is 0 Å². The number of carbonyl (C=O) groups is 1. The molecule has 3 heterocycles. The SMILES string of the molecule is CN(C)c1ccc(-c2ccnc(N3CCC(N4CCOC4=O)CC3)n2)cc1. The molecule has 1 aromatic heterocycles. The topological polar surface area (TPSA) is 61.8 Å². The first kappa shape index (κ1) is 17.6. The van der Waals surface area contributed by atoms with Crippen LogP contribution in [0, 0.1) is 0 Å². The zero-order valence-corrected chi connectivity index (χ0v) is 15.8. The van der Waals surface area contributed by atoms with Crippen LogP contribution in [0.25, 0.3) is 11.3 Å². The van der Waals surface area contributed by atoms with E-state index in [1.165, 1.54) is 0 Å². The van der Waals surface area contributed by atoms with Crippen LogP contribution in [0.5, 0.6) is 0 Å². The minimum absolute atomic E-state index is 0.173. The van der Waals surface area contributed by atoms with E-state index in [4.69, 9.17) is 9.72 Å². The van der Waals surface area contributed by atoms with Gasteiger partial charge in [-0.3, -0.25) is 0 Å². The van der Waals surface area contributed by atoms with Crippen molar-refractivity contribution < 1.29 is 9.53 Å². The number of aromatic nitrogens is 2. The summed E-state index contributed by atoms with van der Waals surface area (Å²) in [5.74, 6) is 0.756. The van der Waals surface area contributed by atoms with Gasteiger partial charge in [0.1, 0.15) is 6.61 Å². The number of cyclic esters (lactones) is 1. The van der Waals surface area contributed by atoms with Crippen LogP contribution in [0.3, 0.4) is 0 Å². The van der Waals surface area contributed by atoms with Crippen molar-refractivity contribution >= 4 is 17.7 Å². The fourth-order valence-electron chi connectivity index (χ4n) is 3.71. The quantitative estimate of drug-likeness (QED) is 0.828. The monoisotopic (exact) mass is 367 g/mol. The molecule has 1 aromatic carbocycles. The standard InChI is InChI=1S/C20H25N5O2/c1-23(2)16-5-3-15(4-6-16)18-7-10-21-19(22-18)24-11-8-17(9-12-24)25-13-14-27-20(25)26/h3-7,10,17H,8-9,11-14H2,1-2H3. The van der Waals surface area contributed by atoms with E-state index in [0.29, 0.717) is 13.2 Å². The number of anilines is 2. The van der Waals surface area contributed by atoms with Gasteiger partial charge in [0, 0.05) is 50.7 Å². The maximum Gasteiger partial charge on any atom is 0.410 e. The smallest absolute Gasteiger partial charge is 0.410 e. The van der Waals surface area contributed by atoms with Gasteiger partial charge in [0.2, 0.25) is 5.95 Å². The van der Waals surface area contributed by atoms with Crippen LogP contribution in [0.15, 0.2) is 36.5 Å². The third kappa shape index (κ3) is 3.67. The van der Waals surface area contributed by atoms with Crippen LogP contribution in [0.4, 0.5) is 16.4 Å². The van der Waals surface area contributed by atoms with Gasteiger partial charge >= 0.3 is 6.09 Å². The van der Waals surface area contributed by atoms with Crippen molar-refractivity contribution in [1.82, 2.24) is 14.9 Å². The maximum absolute atomic E-state index is 11.8. The summed E-state index contributed by atoms with van der Waals surface area (Å²) in [5.41, 5.74) is 3.17. The summed E-state index contributed by atoms with van der Waals surface area (Å²) in [7, 11) is 4.06. The van der Waals surface area contributed by atoms with Gasteiger partial charge in [-0.15, -0.1) is 0 Å². The van der Waals surface area contributed by atoms with E-state index in [-0.39, 0.29) is 12.1 Å². The molecule has 27 heavy (non-hydrogen) atoms. The Bertz CT molecular complexity index is 800. The number of piperidine rings is 1. The van der Waals surface area contributed by atoms with Gasteiger partial charge in [0.25, 0.3) is 0 Å². The summed E-state index contributed by atoms with van der Waals surface area (Å²) < 4.78 is 5.06. The summed E-state index contributed by atoms with van der Waals surface area (Å²) in [6.07, 6.45) is 3.48. The molecule has 0 saturated carbocycles. The first-order chi connectivity index (χ1) is 13.1. The number of hydrogen-bond donors (Lipinski definition) is 0. The zero-order valence-electron chi connectivity index (χ0n) is 15.8. The molecule has 7 nitrogen and oxygen atoms in total. The van der Waals surface area contributed by atoms with Gasteiger partial charge in [-0.1, -0.05) is 12.1 Å². The third-order valence-corrected chi connectivity index (χ3v) is 5.30. The molecule has 7 heteroatoms. The van der Waals surface area contributed by atoms with Crippen molar-refractivity contribution in [3.05, 3.63) is 36.5 Å². The molecule has 2 saturated heterocycles. The number of carbonyl (C=O) groups excluding carboxylic acids is 1. The van der Waals surface area contributed by atoms with E-state index in [9.17, 15) is 4.79 Å². The molecule has 0 radical (unpaired) electrons. The highest BCUT2D eigenvalue weighted by Crippen LogP contribution is 2.25. The minimum Gasteiger partial charge on any atom is -0.448 e. The Hall–Kier alpha value is -2.83. The van der Waals surface area contributed by atoms with Gasteiger partial charge in [-0.05, 0) is 31.0 Å². The first-order valence-corrected chi connectivity index (χ1v) is 9.41. The molecule has 0 atom stereocenters. The number of amides is 1. The first-order valence-electron chi connectivity index (χ1n) is 9.41. The van der Waals surface area contributed by atoms with Crippen molar-refractivity contribution in [3.63, 3.8) is 0 Å². The van der Waals surface area contributed by atoms with Crippen LogP contribution < -0.4 is 9.80 Å². The van der Waals surface area contributed by atoms with E-state index in [1.807, 2.05) is 31.3 Å². The number of rotatable bonds is 4. The Balaban J connectivity index is 1.44. The Labute approximate surface area is 159 Å². The second kappa shape index (κ2) is 7.42. The van der Waals surface area contributed by atoms with Crippen LogP contribution in [-0.2, 0) is 4.74 Å². The highest BCUT2D eigenvalue weighted by molar-refractivity contribution is 5.69. The molecular formula is C20H25N5O2. The molecule has 0 spiro atoms. The predicted octanol–water partition coefficient (Wildman–Crippen LogP) is 2.63. The van der Waals surface area contributed by atoms with Gasteiger partial charge in [0.05, 0.1) is 12.2 Å². The maximum atomic E-state index is 11.8. The number of benzene rings is 1. The van der Waals surface area contributed by atoms with Crippen molar-refractivity contribution in [1.29, 1.82) is 0 Å². The average Bonchev–Trinajstić information content (AvgIpc) is 3.14. The van der Waals surface area contributed by atoms with E-state index < -0.39 is 0 Å². The molecule has 2 fully saturated rings. The van der Waals surface area contributed by atoms with Crippen LogP contribution in [-0.4, -0.2) is 67.3 Å². The van der Waals surface area contributed by atoms with E-state index in [0.717, 1.165) is 48.8 Å². The van der Waals surface area contributed by atoms with Crippen LogP contribution in [0.1, 0.15) is 12.8 Å². The Morgan fingerprint density at radius 1 is 1.07 bits per heavy atom. The van der Waals surface area contributed by atoms with Gasteiger partial charge in [0.15, 0.2) is 0 Å². The minimum atomic E-state index is -0.173. The van der Waals surface area contributed by atoms with Crippen molar-refractivity contribution in [2.45, 2.75) is 18.9 Å². The lowest BCUT2D eigenvalue weighted by Crippen LogP contribution is -2.45. The number of nitrogens with zero attached hydrogens (tertiary/aromatic N) is 5.